The molecule has 0 fully saturated rings. The Morgan fingerprint density at radius 1 is 1.10 bits per heavy atom. The highest BCUT2D eigenvalue weighted by Crippen LogP contribution is 2.34. The summed E-state index contributed by atoms with van der Waals surface area (Å²) in [6, 6.07) is 12.3. The highest BCUT2D eigenvalue weighted by atomic mass is 79.9. The van der Waals surface area contributed by atoms with Crippen LogP contribution in [-0.2, 0) is 6.54 Å². The van der Waals surface area contributed by atoms with E-state index in [2.05, 4.69) is 54.9 Å². The first-order valence-electron chi connectivity index (χ1n) is 6.78. The first-order chi connectivity index (χ1) is 9.51. The van der Waals surface area contributed by atoms with E-state index in [1.54, 1.807) is 0 Å². The van der Waals surface area contributed by atoms with Gasteiger partial charge in [0, 0.05) is 16.6 Å². The molecule has 3 heteroatoms. The molecule has 2 nitrogen and oxygen atoms in total. The zero-order valence-corrected chi connectivity index (χ0v) is 13.7. The molecule has 0 unspecified atom stereocenters. The molecule has 2 aromatic carbocycles. The normalized spacial score (nSPS) is 10.9. The maximum absolute atomic E-state index is 6.14. The molecule has 0 saturated heterocycles. The van der Waals surface area contributed by atoms with E-state index in [1.165, 1.54) is 11.1 Å². The Hall–Kier alpha value is -1.32. The second-order valence-electron chi connectivity index (χ2n) is 5.25. The van der Waals surface area contributed by atoms with Gasteiger partial charge in [-0.05, 0) is 42.2 Å². The lowest BCUT2D eigenvalue weighted by Gasteiger charge is -2.16. The van der Waals surface area contributed by atoms with Gasteiger partial charge in [0.1, 0.15) is 11.5 Å². The zero-order chi connectivity index (χ0) is 14.7. The molecule has 0 radical (unpaired) electrons. The lowest BCUT2D eigenvalue weighted by molar-refractivity contribution is 0.466. The lowest BCUT2D eigenvalue weighted by atomic mass is 10.0. The van der Waals surface area contributed by atoms with Crippen LogP contribution in [0.3, 0.4) is 0 Å². The van der Waals surface area contributed by atoms with Crippen LogP contribution in [0, 0.1) is 6.92 Å². The molecule has 0 saturated carbocycles. The minimum Gasteiger partial charge on any atom is -0.457 e. The van der Waals surface area contributed by atoms with Crippen molar-refractivity contribution in [1.82, 2.24) is 0 Å². The van der Waals surface area contributed by atoms with Gasteiger partial charge in [-0.1, -0.05) is 48.0 Å². The first-order valence-corrected chi connectivity index (χ1v) is 7.57. The Labute approximate surface area is 129 Å². The van der Waals surface area contributed by atoms with Gasteiger partial charge in [-0.15, -0.1) is 0 Å². The SMILES string of the molecule is Cc1ccc(C(C)C)c(Oc2cc(Br)ccc2CN)c1. The highest BCUT2D eigenvalue weighted by molar-refractivity contribution is 9.10. The van der Waals surface area contributed by atoms with E-state index < -0.39 is 0 Å². The number of rotatable bonds is 4. The van der Waals surface area contributed by atoms with Crippen LogP contribution in [0.25, 0.3) is 0 Å². The fourth-order valence-electron chi connectivity index (χ4n) is 2.12. The van der Waals surface area contributed by atoms with E-state index >= 15 is 0 Å². The van der Waals surface area contributed by atoms with Gasteiger partial charge in [0.25, 0.3) is 0 Å². The van der Waals surface area contributed by atoms with Crippen molar-refractivity contribution >= 4 is 15.9 Å². The topological polar surface area (TPSA) is 35.2 Å². The fraction of sp³-hybridized carbons (Fsp3) is 0.294. The van der Waals surface area contributed by atoms with Gasteiger partial charge in [0.2, 0.25) is 0 Å². The third-order valence-electron chi connectivity index (χ3n) is 3.26. The fourth-order valence-corrected chi connectivity index (χ4v) is 2.46. The smallest absolute Gasteiger partial charge is 0.133 e. The summed E-state index contributed by atoms with van der Waals surface area (Å²) in [6.07, 6.45) is 0. The van der Waals surface area contributed by atoms with Crippen molar-refractivity contribution in [3.63, 3.8) is 0 Å². The molecule has 0 aliphatic heterocycles. The summed E-state index contributed by atoms with van der Waals surface area (Å²) in [5, 5.41) is 0. The monoisotopic (exact) mass is 333 g/mol. The average molecular weight is 334 g/mol. The lowest BCUT2D eigenvalue weighted by Crippen LogP contribution is -2.01. The van der Waals surface area contributed by atoms with Crippen LogP contribution in [0.2, 0.25) is 0 Å². The van der Waals surface area contributed by atoms with Crippen LogP contribution >= 0.6 is 15.9 Å². The van der Waals surface area contributed by atoms with E-state index in [-0.39, 0.29) is 0 Å². The third-order valence-corrected chi connectivity index (χ3v) is 3.75. The van der Waals surface area contributed by atoms with Crippen molar-refractivity contribution in [1.29, 1.82) is 0 Å². The van der Waals surface area contributed by atoms with Gasteiger partial charge in [-0.2, -0.15) is 0 Å². The van der Waals surface area contributed by atoms with Gasteiger partial charge in [-0.25, -0.2) is 0 Å². The van der Waals surface area contributed by atoms with E-state index in [0.29, 0.717) is 12.5 Å². The standard InChI is InChI=1S/C17H20BrNO/c1-11(2)15-7-4-12(3)8-17(15)20-16-9-14(18)6-5-13(16)10-19/h4-9,11H,10,19H2,1-3H3. The summed E-state index contributed by atoms with van der Waals surface area (Å²) in [4.78, 5) is 0. The van der Waals surface area contributed by atoms with Crippen LogP contribution in [0.1, 0.15) is 36.5 Å². The van der Waals surface area contributed by atoms with Crippen molar-refractivity contribution in [3.8, 4) is 11.5 Å². The van der Waals surface area contributed by atoms with E-state index in [0.717, 1.165) is 21.5 Å². The van der Waals surface area contributed by atoms with E-state index in [9.17, 15) is 0 Å². The maximum Gasteiger partial charge on any atom is 0.133 e. The van der Waals surface area contributed by atoms with Gasteiger partial charge in [-0.3, -0.25) is 0 Å². The largest absolute Gasteiger partial charge is 0.457 e. The summed E-state index contributed by atoms with van der Waals surface area (Å²) in [5.74, 6) is 2.14. The van der Waals surface area contributed by atoms with Crippen molar-refractivity contribution in [2.24, 2.45) is 5.73 Å². The third kappa shape index (κ3) is 3.41. The van der Waals surface area contributed by atoms with Crippen LogP contribution in [0.5, 0.6) is 11.5 Å². The number of halogens is 1. The Morgan fingerprint density at radius 2 is 1.85 bits per heavy atom. The van der Waals surface area contributed by atoms with Crippen LogP contribution in [0.15, 0.2) is 40.9 Å². The summed E-state index contributed by atoms with van der Waals surface area (Å²) >= 11 is 3.48. The molecular formula is C17H20BrNO. The second-order valence-corrected chi connectivity index (χ2v) is 6.17. The van der Waals surface area contributed by atoms with E-state index in [4.69, 9.17) is 10.5 Å². The maximum atomic E-state index is 6.14. The molecule has 0 aliphatic rings. The molecule has 0 aliphatic carbocycles. The minimum atomic E-state index is 0.416. The Kier molecular flexibility index (Phi) is 4.84. The number of benzene rings is 2. The molecular weight excluding hydrogens is 314 g/mol. The van der Waals surface area contributed by atoms with Crippen LogP contribution in [-0.4, -0.2) is 0 Å². The van der Waals surface area contributed by atoms with Crippen molar-refractivity contribution in [2.45, 2.75) is 33.2 Å². The molecule has 0 atom stereocenters. The molecule has 2 rings (SSSR count). The predicted octanol–water partition coefficient (Wildman–Crippen LogP) is 5.13. The number of hydrogen-bond acceptors (Lipinski definition) is 2. The summed E-state index contributed by atoms with van der Waals surface area (Å²) < 4.78 is 7.13. The first kappa shape index (κ1) is 15.1. The number of hydrogen-bond donors (Lipinski definition) is 1. The minimum absolute atomic E-state index is 0.416. The van der Waals surface area contributed by atoms with Crippen LogP contribution < -0.4 is 10.5 Å². The molecule has 20 heavy (non-hydrogen) atoms. The summed E-state index contributed by atoms with van der Waals surface area (Å²) in [5.41, 5.74) is 9.19. The summed E-state index contributed by atoms with van der Waals surface area (Å²) in [7, 11) is 0. The van der Waals surface area contributed by atoms with Crippen molar-refractivity contribution < 1.29 is 4.74 Å². The van der Waals surface area contributed by atoms with Gasteiger partial charge in [0.05, 0.1) is 0 Å². The number of nitrogens with two attached hydrogens (primary N) is 1. The Morgan fingerprint density at radius 3 is 2.50 bits per heavy atom. The molecule has 0 spiro atoms. The highest BCUT2D eigenvalue weighted by Gasteiger charge is 2.11. The average Bonchev–Trinajstić information content (AvgIpc) is 2.38. The number of ether oxygens (including phenoxy) is 1. The van der Waals surface area contributed by atoms with Gasteiger partial charge >= 0.3 is 0 Å². The molecule has 106 valence electrons. The number of aryl methyl sites for hydroxylation is 1. The molecule has 0 bridgehead atoms. The summed E-state index contributed by atoms with van der Waals surface area (Å²) in [6.45, 7) is 6.87. The van der Waals surface area contributed by atoms with Gasteiger partial charge < -0.3 is 10.5 Å². The zero-order valence-electron chi connectivity index (χ0n) is 12.1. The Balaban J connectivity index is 2.44. The van der Waals surface area contributed by atoms with Gasteiger partial charge in [0.15, 0.2) is 0 Å². The quantitative estimate of drug-likeness (QED) is 0.841. The molecule has 0 amide bonds. The molecule has 0 heterocycles. The molecule has 0 aromatic heterocycles. The van der Waals surface area contributed by atoms with Crippen molar-refractivity contribution in [3.05, 3.63) is 57.6 Å². The predicted molar refractivity (Wildman–Crippen MR) is 87.4 cm³/mol. The Bertz CT molecular complexity index is 608. The van der Waals surface area contributed by atoms with Crippen molar-refractivity contribution in [2.75, 3.05) is 0 Å². The molecule has 2 aromatic rings. The van der Waals surface area contributed by atoms with E-state index in [1.807, 2.05) is 18.2 Å². The van der Waals surface area contributed by atoms with Crippen LogP contribution in [0.4, 0.5) is 0 Å². The molecule has 2 N–H and O–H groups in total. The second kappa shape index (κ2) is 6.42.